The van der Waals surface area contributed by atoms with Gasteiger partial charge in [-0.3, -0.25) is 4.79 Å². The van der Waals surface area contributed by atoms with Crippen LogP contribution in [0.3, 0.4) is 0 Å². The van der Waals surface area contributed by atoms with Gasteiger partial charge in [-0.05, 0) is 6.07 Å². The summed E-state index contributed by atoms with van der Waals surface area (Å²) in [6.07, 6.45) is 1.50. The Labute approximate surface area is 63.8 Å². The minimum Gasteiger partial charge on any atom is -0.497 e. The van der Waals surface area contributed by atoms with E-state index >= 15 is 0 Å². The van der Waals surface area contributed by atoms with Crippen molar-refractivity contribution in [1.82, 2.24) is 4.98 Å². The van der Waals surface area contributed by atoms with Crippen LogP contribution in [0.4, 0.5) is 0 Å². The lowest BCUT2D eigenvalue weighted by Gasteiger charge is -1.99. The number of methoxy groups -OCH3 is 1. The molecule has 0 bridgehead atoms. The number of hydrogen-bond acceptors (Lipinski definition) is 4. The quantitative estimate of drug-likeness (QED) is 0.597. The van der Waals surface area contributed by atoms with E-state index in [1.54, 1.807) is 6.07 Å². The first kappa shape index (κ1) is 7.53. The van der Waals surface area contributed by atoms with Crippen LogP contribution in [-0.2, 0) is 4.79 Å². The largest absolute Gasteiger partial charge is 0.497 e. The number of ether oxygens (including phenoxy) is 2. The van der Waals surface area contributed by atoms with Crippen molar-refractivity contribution in [2.75, 3.05) is 7.11 Å². The average molecular weight is 153 g/mol. The molecule has 0 unspecified atom stereocenters. The Morgan fingerprint density at radius 3 is 3.09 bits per heavy atom. The van der Waals surface area contributed by atoms with Gasteiger partial charge in [-0.2, -0.15) is 0 Å². The molecule has 4 heteroatoms. The number of aromatic nitrogens is 1. The predicted octanol–water partition coefficient (Wildman–Crippen LogP) is 0.625. The molecular formula is C7H7NO3. The normalized spacial score (nSPS) is 8.82. The number of carbonyl (C=O) groups excluding carboxylic acids is 1. The van der Waals surface area contributed by atoms with Gasteiger partial charge in [0.1, 0.15) is 5.75 Å². The molecule has 1 aromatic rings. The summed E-state index contributed by atoms with van der Waals surface area (Å²) in [5.41, 5.74) is 0. The molecule has 0 fully saturated rings. The fraction of sp³-hybridized carbons (Fsp3) is 0.143. The Morgan fingerprint density at radius 2 is 2.45 bits per heavy atom. The Hall–Kier alpha value is -1.58. The van der Waals surface area contributed by atoms with Crippen LogP contribution in [0.1, 0.15) is 0 Å². The van der Waals surface area contributed by atoms with Crippen LogP contribution < -0.4 is 9.47 Å². The van der Waals surface area contributed by atoms with Gasteiger partial charge >= 0.3 is 0 Å². The first-order valence-corrected chi connectivity index (χ1v) is 2.97. The first-order valence-electron chi connectivity index (χ1n) is 2.97. The van der Waals surface area contributed by atoms with Crippen molar-refractivity contribution in [3.05, 3.63) is 18.3 Å². The highest BCUT2D eigenvalue weighted by Crippen LogP contribution is 2.14. The second kappa shape index (κ2) is 3.55. The highest BCUT2D eigenvalue weighted by molar-refractivity contribution is 5.43. The molecule has 1 rings (SSSR count). The van der Waals surface area contributed by atoms with E-state index in [0.717, 1.165) is 0 Å². The number of hydrogen-bond donors (Lipinski definition) is 0. The number of carbonyl (C=O) groups is 1. The third-order valence-electron chi connectivity index (χ3n) is 1.11. The Kier molecular flexibility index (Phi) is 2.43. The monoisotopic (exact) mass is 153 g/mol. The zero-order valence-electron chi connectivity index (χ0n) is 5.98. The van der Waals surface area contributed by atoms with Gasteiger partial charge in [-0.25, -0.2) is 4.98 Å². The maximum atomic E-state index is 9.87. The molecule has 0 atom stereocenters. The van der Waals surface area contributed by atoms with E-state index in [4.69, 9.17) is 4.74 Å². The lowest BCUT2D eigenvalue weighted by molar-refractivity contribution is -0.120. The zero-order chi connectivity index (χ0) is 8.10. The van der Waals surface area contributed by atoms with Gasteiger partial charge in [0.2, 0.25) is 5.88 Å². The van der Waals surface area contributed by atoms with E-state index in [9.17, 15) is 4.79 Å². The zero-order valence-corrected chi connectivity index (χ0v) is 5.98. The number of pyridine rings is 1. The molecule has 0 N–H and O–H groups in total. The molecule has 1 aromatic heterocycles. The van der Waals surface area contributed by atoms with Crippen molar-refractivity contribution in [1.29, 1.82) is 0 Å². The molecule has 0 aliphatic rings. The molecule has 1 heterocycles. The van der Waals surface area contributed by atoms with Crippen molar-refractivity contribution < 1.29 is 14.3 Å². The van der Waals surface area contributed by atoms with E-state index in [0.29, 0.717) is 12.2 Å². The average Bonchev–Trinajstić information content (AvgIpc) is 2.06. The van der Waals surface area contributed by atoms with Gasteiger partial charge in [-0.15, -0.1) is 0 Å². The molecule has 0 aromatic carbocycles. The maximum absolute atomic E-state index is 9.87. The minimum atomic E-state index is 0.236. The van der Waals surface area contributed by atoms with Gasteiger partial charge in [0.05, 0.1) is 7.11 Å². The predicted molar refractivity (Wildman–Crippen MR) is 37.5 cm³/mol. The summed E-state index contributed by atoms with van der Waals surface area (Å²) in [4.78, 5) is 13.6. The molecule has 0 aliphatic carbocycles. The second-order valence-corrected chi connectivity index (χ2v) is 1.75. The summed E-state index contributed by atoms with van der Waals surface area (Å²) in [6, 6.07) is 3.19. The summed E-state index contributed by atoms with van der Waals surface area (Å²) in [7, 11) is 1.53. The van der Waals surface area contributed by atoms with Crippen LogP contribution in [0.15, 0.2) is 18.3 Å². The molecule has 0 amide bonds. The Balaban J connectivity index is 2.82. The van der Waals surface area contributed by atoms with Crippen LogP contribution in [0.2, 0.25) is 0 Å². The van der Waals surface area contributed by atoms with Crippen LogP contribution in [0.25, 0.3) is 0 Å². The Bertz CT molecular complexity index is 249. The van der Waals surface area contributed by atoms with E-state index in [2.05, 4.69) is 9.72 Å². The molecule has 4 nitrogen and oxygen atoms in total. The van der Waals surface area contributed by atoms with Crippen molar-refractivity contribution in [2.24, 2.45) is 0 Å². The van der Waals surface area contributed by atoms with Gasteiger partial charge in [0, 0.05) is 12.3 Å². The van der Waals surface area contributed by atoms with E-state index in [-0.39, 0.29) is 5.88 Å². The molecule has 0 radical (unpaired) electrons. The fourth-order valence-electron chi connectivity index (χ4n) is 0.632. The molecule has 0 saturated carbocycles. The van der Waals surface area contributed by atoms with Gasteiger partial charge < -0.3 is 9.47 Å². The third kappa shape index (κ3) is 1.93. The van der Waals surface area contributed by atoms with Crippen LogP contribution >= 0.6 is 0 Å². The molecule has 0 aliphatic heterocycles. The van der Waals surface area contributed by atoms with E-state index in [1.165, 1.54) is 19.4 Å². The van der Waals surface area contributed by atoms with E-state index < -0.39 is 0 Å². The topological polar surface area (TPSA) is 48.4 Å². The first-order chi connectivity index (χ1) is 5.36. The van der Waals surface area contributed by atoms with Crippen molar-refractivity contribution in [3.8, 4) is 11.6 Å². The third-order valence-corrected chi connectivity index (χ3v) is 1.11. The van der Waals surface area contributed by atoms with Crippen molar-refractivity contribution >= 4 is 6.47 Å². The smallest absolute Gasteiger partial charge is 0.299 e. The lowest BCUT2D eigenvalue weighted by atomic mass is 10.4. The summed E-state index contributed by atoms with van der Waals surface area (Å²) in [5, 5.41) is 0. The maximum Gasteiger partial charge on any atom is 0.299 e. The SMILES string of the molecule is COc1ccnc(OC=O)c1. The molecule has 0 spiro atoms. The minimum absolute atomic E-state index is 0.236. The van der Waals surface area contributed by atoms with Crippen molar-refractivity contribution in [2.45, 2.75) is 0 Å². The van der Waals surface area contributed by atoms with Crippen LogP contribution in [-0.4, -0.2) is 18.6 Å². The standard InChI is InChI=1S/C7H7NO3/c1-10-6-2-3-8-7(4-6)11-5-9/h2-5H,1H3. The van der Waals surface area contributed by atoms with Gasteiger partial charge in [0.15, 0.2) is 0 Å². The summed E-state index contributed by atoms with van der Waals surface area (Å²) >= 11 is 0. The highest BCUT2D eigenvalue weighted by atomic mass is 16.5. The van der Waals surface area contributed by atoms with Gasteiger partial charge in [-0.1, -0.05) is 0 Å². The fourth-order valence-corrected chi connectivity index (χ4v) is 0.632. The number of rotatable bonds is 3. The van der Waals surface area contributed by atoms with Crippen LogP contribution in [0, 0.1) is 0 Å². The van der Waals surface area contributed by atoms with Gasteiger partial charge in [0.25, 0.3) is 6.47 Å². The molecule has 11 heavy (non-hydrogen) atoms. The summed E-state index contributed by atoms with van der Waals surface area (Å²) < 4.78 is 9.34. The van der Waals surface area contributed by atoms with Crippen molar-refractivity contribution in [3.63, 3.8) is 0 Å². The summed E-state index contributed by atoms with van der Waals surface area (Å²) in [6.45, 7) is 0.321. The highest BCUT2D eigenvalue weighted by Gasteiger charge is 1.95. The number of nitrogens with zero attached hydrogens (tertiary/aromatic N) is 1. The lowest BCUT2D eigenvalue weighted by Crippen LogP contribution is -1.92. The Morgan fingerprint density at radius 1 is 1.64 bits per heavy atom. The summed E-state index contributed by atoms with van der Waals surface area (Å²) in [5.74, 6) is 0.844. The second-order valence-electron chi connectivity index (χ2n) is 1.75. The molecule has 0 saturated heterocycles. The van der Waals surface area contributed by atoms with E-state index in [1.807, 2.05) is 0 Å². The molecular weight excluding hydrogens is 146 g/mol. The van der Waals surface area contributed by atoms with Crippen LogP contribution in [0.5, 0.6) is 11.6 Å². The molecule has 58 valence electrons.